The normalized spacial score (nSPS) is 14.8. The molecule has 12 heteroatoms. The number of nitrogens with zero attached hydrogens (tertiary/aromatic N) is 3. The predicted molar refractivity (Wildman–Crippen MR) is 197 cm³/mol. The van der Waals surface area contributed by atoms with Crippen molar-refractivity contribution < 1.29 is 23.8 Å². The molecule has 0 fully saturated rings. The van der Waals surface area contributed by atoms with Crippen LogP contribution in [0.5, 0.6) is 5.75 Å². The second-order valence-corrected chi connectivity index (χ2v) is 15.0. The molecule has 1 unspecified atom stereocenters. The van der Waals surface area contributed by atoms with Gasteiger partial charge < -0.3 is 25.4 Å². The lowest BCUT2D eigenvalue weighted by atomic mass is 9.94. The number of thiazole rings is 1. The van der Waals surface area contributed by atoms with Crippen molar-refractivity contribution >= 4 is 45.8 Å². The van der Waals surface area contributed by atoms with Crippen molar-refractivity contribution in [3.63, 3.8) is 0 Å². The molecule has 3 aromatic carbocycles. The Hall–Kier alpha value is -4.57. The average Bonchev–Trinajstić information content (AvgIpc) is 3.71. The standard InChI is InChI=1S/C38H40FN5O4S2/c1-24(2)22-43(3)18-7-9-25-15-16-31(29(39)21-25)48-20-8-14-33-34(36(46)47)41-38(50-33)44-19-17-26-10-6-11-27(28(26)23-44)35(45)42-37-40-30-12-4-5-13-32(30)49-37/h4-6,10-13,15-16,21,24,37,40H,8,14,17-20,22-23H2,1-3H3,(H,42,45)(H,46,47). The zero-order valence-electron chi connectivity index (χ0n) is 28.3. The zero-order chi connectivity index (χ0) is 35.2. The fourth-order valence-electron chi connectivity index (χ4n) is 6.09. The van der Waals surface area contributed by atoms with Crippen molar-refractivity contribution in [3.05, 3.63) is 99.3 Å². The number of carbonyl (C=O) groups is 2. The number of aromatic carboxylic acids is 1. The number of ether oxygens (including phenoxy) is 1. The number of aryl methyl sites for hydroxylation is 1. The number of benzene rings is 3. The van der Waals surface area contributed by atoms with E-state index in [1.54, 1.807) is 23.9 Å². The highest BCUT2D eigenvalue weighted by atomic mass is 32.2. The van der Waals surface area contributed by atoms with E-state index in [0.29, 0.717) is 66.0 Å². The number of nitrogens with one attached hydrogen (secondary N) is 2. The van der Waals surface area contributed by atoms with E-state index in [-0.39, 0.29) is 29.5 Å². The minimum absolute atomic E-state index is 0.0128. The summed E-state index contributed by atoms with van der Waals surface area (Å²) in [4.78, 5) is 36.0. The molecule has 260 valence electrons. The lowest BCUT2D eigenvalue weighted by molar-refractivity contribution is 0.0689. The fraction of sp³-hybridized carbons (Fsp3) is 0.342. The van der Waals surface area contributed by atoms with Gasteiger partial charge in [-0.15, -0.1) is 11.3 Å². The summed E-state index contributed by atoms with van der Waals surface area (Å²) in [5.74, 6) is 5.02. The topological polar surface area (TPSA) is 107 Å². The summed E-state index contributed by atoms with van der Waals surface area (Å²) in [6, 6.07) is 18.4. The number of carbonyl (C=O) groups excluding carboxylic acids is 1. The summed E-state index contributed by atoms with van der Waals surface area (Å²) in [5, 5.41) is 17.0. The Morgan fingerprint density at radius 3 is 2.82 bits per heavy atom. The first-order valence-corrected chi connectivity index (χ1v) is 18.4. The van der Waals surface area contributed by atoms with Gasteiger partial charge in [0.25, 0.3) is 5.91 Å². The molecular weight excluding hydrogens is 674 g/mol. The number of hydrogen-bond donors (Lipinski definition) is 3. The number of hydrogen-bond acceptors (Lipinski definition) is 9. The average molecular weight is 714 g/mol. The zero-order valence-corrected chi connectivity index (χ0v) is 29.9. The minimum Gasteiger partial charge on any atom is -0.491 e. The predicted octanol–water partition coefficient (Wildman–Crippen LogP) is 6.73. The molecule has 3 N–H and O–H groups in total. The number of carboxylic acid groups (broad SMARTS) is 1. The highest BCUT2D eigenvalue weighted by Crippen LogP contribution is 2.37. The molecule has 0 saturated carbocycles. The van der Waals surface area contributed by atoms with E-state index in [4.69, 9.17) is 4.74 Å². The fourth-order valence-corrected chi connectivity index (χ4v) is 8.23. The van der Waals surface area contributed by atoms with Crippen LogP contribution in [0.25, 0.3) is 0 Å². The Balaban J connectivity index is 1.05. The SMILES string of the molecule is CC(C)CN(C)CC#Cc1ccc(OCCCc2sc(N3CCc4cccc(C(=O)NC5Nc6ccccc6S5)c4C3)nc2C(=O)O)c(F)c1. The molecule has 1 atom stereocenters. The Labute approximate surface area is 300 Å². The number of aromatic nitrogens is 1. The second kappa shape index (κ2) is 16.0. The van der Waals surface area contributed by atoms with Gasteiger partial charge in [0, 0.05) is 40.5 Å². The molecular formula is C38H40FN5O4S2. The number of para-hydroxylation sites is 1. The third-order valence-electron chi connectivity index (χ3n) is 8.35. The molecule has 0 radical (unpaired) electrons. The number of halogens is 1. The Morgan fingerprint density at radius 1 is 1.20 bits per heavy atom. The number of thioether (sulfide) groups is 1. The van der Waals surface area contributed by atoms with Crippen molar-refractivity contribution in [2.75, 3.05) is 43.5 Å². The maximum atomic E-state index is 14.8. The van der Waals surface area contributed by atoms with Crippen LogP contribution in [-0.2, 0) is 19.4 Å². The number of amides is 1. The summed E-state index contributed by atoms with van der Waals surface area (Å²) >= 11 is 2.90. The van der Waals surface area contributed by atoms with Crippen LogP contribution in [0.3, 0.4) is 0 Å². The van der Waals surface area contributed by atoms with Crippen molar-refractivity contribution in [1.82, 2.24) is 15.2 Å². The van der Waals surface area contributed by atoms with Gasteiger partial charge in [0.1, 0.15) is 0 Å². The van der Waals surface area contributed by atoms with Gasteiger partial charge in [-0.3, -0.25) is 9.69 Å². The molecule has 0 aliphatic carbocycles. The lowest BCUT2D eigenvalue weighted by Crippen LogP contribution is -2.38. The Bertz CT molecular complexity index is 1910. The summed E-state index contributed by atoms with van der Waals surface area (Å²) in [6.45, 7) is 7.15. The Morgan fingerprint density at radius 2 is 2.04 bits per heavy atom. The molecule has 1 aromatic heterocycles. The van der Waals surface area contributed by atoms with E-state index in [1.165, 1.54) is 17.4 Å². The maximum absolute atomic E-state index is 14.8. The summed E-state index contributed by atoms with van der Waals surface area (Å²) in [6.07, 6.45) is 1.60. The smallest absolute Gasteiger partial charge is 0.355 e. The van der Waals surface area contributed by atoms with Crippen LogP contribution in [0.4, 0.5) is 15.2 Å². The largest absolute Gasteiger partial charge is 0.491 e. The van der Waals surface area contributed by atoms with Crippen LogP contribution in [0.1, 0.15) is 62.7 Å². The van der Waals surface area contributed by atoms with E-state index >= 15 is 0 Å². The summed E-state index contributed by atoms with van der Waals surface area (Å²) in [5.41, 5.74) is 3.92. The molecule has 6 rings (SSSR count). The van der Waals surface area contributed by atoms with E-state index in [2.05, 4.69) is 46.2 Å². The molecule has 4 aromatic rings. The first kappa shape index (κ1) is 35.3. The monoisotopic (exact) mass is 713 g/mol. The number of anilines is 2. The third kappa shape index (κ3) is 8.59. The lowest BCUT2D eigenvalue weighted by Gasteiger charge is -2.30. The van der Waals surface area contributed by atoms with Gasteiger partial charge in [0.2, 0.25) is 0 Å². The van der Waals surface area contributed by atoms with Gasteiger partial charge in [0.05, 0.1) is 18.8 Å². The number of fused-ring (bicyclic) bond motifs is 2. The summed E-state index contributed by atoms with van der Waals surface area (Å²) in [7, 11) is 2.01. The molecule has 50 heavy (non-hydrogen) atoms. The second-order valence-electron chi connectivity index (χ2n) is 12.8. The minimum atomic E-state index is -1.10. The molecule has 3 heterocycles. The highest BCUT2D eigenvalue weighted by Gasteiger charge is 2.28. The maximum Gasteiger partial charge on any atom is 0.355 e. The van der Waals surface area contributed by atoms with Gasteiger partial charge >= 0.3 is 5.97 Å². The number of rotatable bonds is 12. The van der Waals surface area contributed by atoms with Gasteiger partial charge in [-0.2, -0.15) is 0 Å². The van der Waals surface area contributed by atoms with E-state index in [1.807, 2.05) is 54.4 Å². The van der Waals surface area contributed by atoms with Gasteiger partial charge in [-0.05, 0) is 79.8 Å². The van der Waals surface area contributed by atoms with Gasteiger partial charge in [-0.25, -0.2) is 14.2 Å². The van der Waals surface area contributed by atoms with Gasteiger partial charge in [-0.1, -0.05) is 61.7 Å². The Kier molecular flexibility index (Phi) is 11.3. The van der Waals surface area contributed by atoms with Crippen molar-refractivity contribution in [3.8, 4) is 17.6 Å². The van der Waals surface area contributed by atoms with Crippen LogP contribution in [0, 0.1) is 23.6 Å². The van der Waals surface area contributed by atoms with E-state index in [9.17, 15) is 19.1 Å². The quantitative estimate of drug-likeness (QED) is 0.109. The van der Waals surface area contributed by atoms with Gasteiger partial charge in [0.15, 0.2) is 27.9 Å². The van der Waals surface area contributed by atoms with Crippen molar-refractivity contribution in [1.29, 1.82) is 0 Å². The molecule has 1 amide bonds. The van der Waals surface area contributed by atoms with E-state index in [0.717, 1.165) is 28.3 Å². The number of carboxylic acids is 1. The van der Waals surface area contributed by atoms with Crippen LogP contribution < -0.4 is 20.3 Å². The molecule has 0 saturated heterocycles. The third-order valence-corrected chi connectivity index (χ3v) is 10.6. The molecule has 0 spiro atoms. The first-order valence-electron chi connectivity index (χ1n) is 16.7. The molecule has 2 aliphatic heterocycles. The highest BCUT2D eigenvalue weighted by molar-refractivity contribution is 8.00. The van der Waals surface area contributed by atoms with Crippen molar-refractivity contribution in [2.45, 2.75) is 50.0 Å². The van der Waals surface area contributed by atoms with Crippen LogP contribution in [0.15, 0.2) is 65.6 Å². The molecule has 2 aliphatic rings. The van der Waals surface area contributed by atoms with E-state index < -0.39 is 11.8 Å². The van der Waals surface area contributed by atoms with Crippen LogP contribution in [-0.4, -0.2) is 65.7 Å². The van der Waals surface area contributed by atoms with Crippen molar-refractivity contribution in [2.24, 2.45) is 5.92 Å². The first-order chi connectivity index (χ1) is 24.1. The molecule has 9 nitrogen and oxygen atoms in total. The van der Waals surface area contributed by atoms with Crippen LogP contribution in [0.2, 0.25) is 0 Å². The summed E-state index contributed by atoms with van der Waals surface area (Å²) < 4.78 is 20.5. The van der Waals surface area contributed by atoms with Crippen LogP contribution >= 0.6 is 23.1 Å². The molecule has 0 bridgehead atoms.